The maximum absolute atomic E-state index is 10.2. The van der Waals surface area contributed by atoms with E-state index in [-0.39, 0.29) is 12.6 Å². The molecule has 2 aromatic carbocycles. The van der Waals surface area contributed by atoms with Gasteiger partial charge in [0.25, 0.3) is 0 Å². The Hall–Kier alpha value is -2.77. The van der Waals surface area contributed by atoms with Crippen LogP contribution in [0.25, 0.3) is 10.8 Å². The maximum atomic E-state index is 10.2. The molecule has 0 aromatic heterocycles. The molecule has 118 valence electrons. The van der Waals surface area contributed by atoms with Gasteiger partial charge in [-0.3, -0.25) is 0 Å². The first-order chi connectivity index (χ1) is 11.2. The van der Waals surface area contributed by atoms with E-state index in [0.717, 1.165) is 0 Å². The molecule has 0 fully saturated rings. The van der Waals surface area contributed by atoms with E-state index in [9.17, 15) is 4.79 Å². The van der Waals surface area contributed by atoms with E-state index < -0.39 is 6.09 Å². The summed E-state index contributed by atoms with van der Waals surface area (Å²) in [6.45, 7) is 2.98. The van der Waals surface area contributed by atoms with Gasteiger partial charge in [-0.2, -0.15) is 0 Å². The predicted molar refractivity (Wildman–Crippen MR) is 93.3 cm³/mol. The summed E-state index contributed by atoms with van der Waals surface area (Å²) in [5.74, 6) is 5.49. The van der Waals surface area contributed by atoms with Crippen LogP contribution in [0.4, 0.5) is 4.79 Å². The number of carboxylic acid groups (broad SMARTS) is 1. The van der Waals surface area contributed by atoms with Crippen molar-refractivity contribution in [2.45, 2.75) is 13.0 Å². The second-order valence-corrected chi connectivity index (χ2v) is 5.08. The molecule has 0 spiro atoms. The molecular formula is C19H20N2O2. The van der Waals surface area contributed by atoms with Crippen LogP contribution in [-0.4, -0.2) is 24.3 Å². The maximum Gasteiger partial charge on any atom is 0.405 e. The zero-order valence-electron chi connectivity index (χ0n) is 13.0. The average molecular weight is 308 g/mol. The molecule has 0 radical (unpaired) electrons. The van der Waals surface area contributed by atoms with Crippen LogP contribution in [0.15, 0.2) is 54.6 Å². The minimum Gasteiger partial charge on any atom is -0.465 e. The molecule has 1 atom stereocenters. The zero-order chi connectivity index (χ0) is 16.5. The molecule has 4 nitrogen and oxygen atoms in total. The van der Waals surface area contributed by atoms with Crippen LogP contribution in [-0.2, 0) is 0 Å². The Bertz CT molecular complexity index is 751. The quantitative estimate of drug-likeness (QED) is 0.743. The van der Waals surface area contributed by atoms with Crippen molar-refractivity contribution < 1.29 is 9.90 Å². The number of rotatable bonds is 5. The van der Waals surface area contributed by atoms with Crippen molar-refractivity contribution in [3.63, 3.8) is 0 Å². The van der Waals surface area contributed by atoms with Crippen molar-refractivity contribution in [3.05, 3.63) is 60.2 Å². The van der Waals surface area contributed by atoms with Crippen LogP contribution < -0.4 is 10.6 Å². The first-order valence-electron chi connectivity index (χ1n) is 7.49. The van der Waals surface area contributed by atoms with E-state index in [1.165, 1.54) is 16.3 Å². The van der Waals surface area contributed by atoms with E-state index in [0.29, 0.717) is 6.54 Å². The highest BCUT2D eigenvalue weighted by Crippen LogP contribution is 2.23. The Morgan fingerprint density at radius 2 is 2.04 bits per heavy atom. The summed E-state index contributed by atoms with van der Waals surface area (Å²) in [5.41, 5.74) is 1.27. The van der Waals surface area contributed by atoms with Crippen molar-refractivity contribution in [3.8, 4) is 11.8 Å². The third-order valence-electron chi connectivity index (χ3n) is 3.46. The highest BCUT2D eigenvalue weighted by molar-refractivity contribution is 5.86. The molecular weight excluding hydrogens is 288 g/mol. The van der Waals surface area contributed by atoms with Crippen LogP contribution in [0, 0.1) is 11.8 Å². The summed E-state index contributed by atoms with van der Waals surface area (Å²) < 4.78 is 0. The Kier molecular flexibility index (Phi) is 6.22. The number of hydrogen-bond donors (Lipinski definition) is 3. The third kappa shape index (κ3) is 5.17. The molecule has 2 rings (SSSR count). The lowest BCUT2D eigenvalue weighted by Crippen LogP contribution is -2.20. The minimum absolute atomic E-state index is 0.138. The standard InChI is InChI=1S/C19H20N2O2/c1-15(20-13-6-2-3-7-14-21-19(22)23)17-12-8-10-16-9-4-5-11-18(16)17/h2,4-6,8-12,15,20-21H,13-14H2,1H3,(H,22,23). The summed E-state index contributed by atoms with van der Waals surface area (Å²) in [4.78, 5) is 10.2. The smallest absolute Gasteiger partial charge is 0.405 e. The second-order valence-electron chi connectivity index (χ2n) is 5.08. The molecule has 0 saturated heterocycles. The van der Waals surface area contributed by atoms with E-state index >= 15 is 0 Å². The second kappa shape index (κ2) is 8.62. The summed E-state index contributed by atoms with van der Waals surface area (Å²) in [6.07, 6.45) is 2.59. The van der Waals surface area contributed by atoms with Gasteiger partial charge < -0.3 is 15.7 Å². The zero-order valence-corrected chi connectivity index (χ0v) is 13.0. The van der Waals surface area contributed by atoms with Gasteiger partial charge in [-0.05, 0) is 29.3 Å². The van der Waals surface area contributed by atoms with Crippen molar-refractivity contribution in [2.24, 2.45) is 0 Å². The number of amides is 1. The third-order valence-corrected chi connectivity index (χ3v) is 3.46. The normalized spacial score (nSPS) is 11.9. The van der Waals surface area contributed by atoms with Crippen LogP contribution in [0.1, 0.15) is 18.5 Å². The Balaban J connectivity index is 1.87. The molecule has 0 bridgehead atoms. The van der Waals surface area contributed by atoms with E-state index in [1.54, 1.807) is 6.08 Å². The number of benzene rings is 2. The lowest BCUT2D eigenvalue weighted by molar-refractivity contribution is 0.196. The first-order valence-corrected chi connectivity index (χ1v) is 7.49. The topological polar surface area (TPSA) is 61.4 Å². The number of hydrogen-bond acceptors (Lipinski definition) is 2. The summed E-state index contributed by atoms with van der Waals surface area (Å²) in [5, 5.41) is 16.5. The van der Waals surface area contributed by atoms with Crippen molar-refractivity contribution >= 4 is 16.9 Å². The predicted octanol–water partition coefficient (Wildman–Crippen LogP) is 3.32. The fourth-order valence-electron chi connectivity index (χ4n) is 2.33. The lowest BCUT2D eigenvalue weighted by atomic mass is 10.00. The fraction of sp³-hybridized carbons (Fsp3) is 0.211. The summed E-state index contributed by atoms with van der Waals surface area (Å²) in [7, 11) is 0. The van der Waals surface area contributed by atoms with Crippen molar-refractivity contribution in [1.82, 2.24) is 10.6 Å². The summed E-state index contributed by atoms with van der Waals surface area (Å²) >= 11 is 0. The van der Waals surface area contributed by atoms with Gasteiger partial charge in [0.1, 0.15) is 0 Å². The number of allylic oxidation sites excluding steroid dienone is 1. The Morgan fingerprint density at radius 3 is 2.87 bits per heavy atom. The molecule has 0 heterocycles. The average Bonchev–Trinajstić information content (AvgIpc) is 2.56. The van der Waals surface area contributed by atoms with Gasteiger partial charge in [-0.15, -0.1) is 0 Å². The van der Waals surface area contributed by atoms with Gasteiger partial charge in [0.05, 0.1) is 6.54 Å². The van der Waals surface area contributed by atoms with E-state index in [4.69, 9.17) is 5.11 Å². The van der Waals surface area contributed by atoms with Crippen LogP contribution in [0.2, 0.25) is 0 Å². The minimum atomic E-state index is -1.06. The largest absolute Gasteiger partial charge is 0.465 e. The van der Waals surface area contributed by atoms with Gasteiger partial charge in [0.15, 0.2) is 0 Å². The highest BCUT2D eigenvalue weighted by Gasteiger charge is 2.07. The molecule has 2 aromatic rings. The molecule has 0 aliphatic heterocycles. The molecule has 1 amide bonds. The molecule has 0 aliphatic rings. The molecule has 1 unspecified atom stereocenters. The van der Waals surface area contributed by atoms with Crippen LogP contribution >= 0.6 is 0 Å². The number of nitrogens with one attached hydrogen (secondary N) is 2. The number of fused-ring (bicyclic) bond motifs is 1. The molecule has 23 heavy (non-hydrogen) atoms. The van der Waals surface area contributed by atoms with Gasteiger partial charge in [-0.1, -0.05) is 60.4 Å². The fourth-order valence-corrected chi connectivity index (χ4v) is 2.33. The SMILES string of the molecule is CC(NCC=CC#CCNC(=O)O)c1cccc2ccccc12. The molecule has 3 N–H and O–H groups in total. The van der Waals surface area contributed by atoms with E-state index in [2.05, 4.69) is 65.8 Å². The van der Waals surface area contributed by atoms with Crippen molar-refractivity contribution in [1.29, 1.82) is 0 Å². The molecule has 0 saturated carbocycles. The van der Waals surface area contributed by atoms with Crippen LogP contribution in [0.5, 0.6) is 0 Å². The van der Waals surface area contributed by atoms with E-state index in [1.807, 2.05) is 12.1 Å². The lowest BCUT2D eigenvalue weighted by Gasteiger charge is -2.15. The van der Waals surface area contributed by atoms with Crippen molar-refractivity contribution in [2.75, 3.05) is 13.1 Å². The Morgan fingerprint density at radius 1 is 1.26 bits per heavy atom. The monoisotopic (exact) mass is 308 g/mol. The Labute approximate surface area is 136 Å². The summed E-state index contributed by atoms with van der Waals surface area (Å²) in [6, 6.07) is 14.9. The molecule has 0 aliphatic carbocycles. The first kappa shape index (κ1) is 16.6. The highest BCUT2D eigenvalue weighted by atomic mass is 16.4. The van der Waals surface area contributed by atoms with Gasteiger partial charge >= 0.3 is 6.09 Å². The van der Waals surface area contributed by atoms with Crippen LogP contribution in [0.3, 0.4) is 0 Å². The van der Waals surface area contributed by atoms with Gasteiger partial charge in [0.2, 0.25) is 0 Å². The van der Waals surface area contributed by atoms with Gasteiger partial charge in [-0.25, -0.2) is 4.79 Å². The number of carbonyl (C=O) groups is 1. The molecule has 4 heteroatoms. The van der Waals surface area contributed by atoms with Gasteiger partial charge in [0, 0.05) is 12.6 Å².